The molecule has 10 heteroatoms. The topological polar surface area (TPSA) is 84.8 Å². The third-order valence-electron chi connectivity index (χ3n) is 4.60. The molecule has 0 saturated carbocycles. The molecule has 0 aliphatic rings. The molecule has 2 N–H and O–H groups in total. The van der Waals surface area contributed by atoms with E-state index in [0.29, 0.717) is 15.7 Å². The number of nitrogens with one attached hydrogen (secondary N) is 2. The maximum Gasteiger partial charge on any atom is 0.249 e. The number of aromatic amines is 1. The number of ether oxygens (including phenoxy) is 1. The lowest BCUT2D eigenvalue weighted by atomic mass is 10.1. The lowest BCUT2D eigenvalue weighted by Crippen LogP contribution is -2.24. The molecule has 4 rings (SSSR count). The number of anilines is 1. The van der Waals surface area contributed by atoms with Crippen molar-refractivity contribution in [3.8, 4) is 27.7 Å². The van der Waals surface area contributed by atoms with E-state index < -0.39 is 6.04 Å². The third kappa shape index (κ3) is 3.93. The summed E-state index contributed by atoms with van der Waals surface area (Å²) in [7, 11) is 1.63. The molecule has 0 aliphatic heterocycles. The minimum atomic E-state index is -0.554. The van der Waals surface area contributed by atoms with Crippen molar-refractivity contribution in [3.05, 3.63) is 51.4 Å². The second kappa shape index (κ2) is 8.50. The number of thiophene rings is 1. The smallest absolute Gasteiger partial charge is 0.249 e. The Hall–Kier alpha value is -2.82. The fourth-order valence-electron chi connectivity index (χ4n) is 3.04. The van der Waals surface area contributed by atoms with Gasteiger partial charge in [0.2, 0.25) is 5.91 Å². The number of methoxy groups -OCH3 is 1. The Morgan fingerprint density at radius 1 is 1.30 bits per heavy atom. The lowest BCUT2D eigenvalue weighted by molar-refractivity contribution is -0.118. The molecule has 0 aliphatic carbocycles. The van der Waals surface area contributed by atoms with E-state index in [-0.39, 0.29) is 5.91 Å². The van der Waals surface area contributed by atoms with E-state index in [2.05, 4.69) is 20.5 Å². The summed E-state index contributed by atoms with van der Waals surface area (Å²) in [6.07, 6.45) is 0. The fourth-order valence-corrected chi connectivity index (χ4v) is 4.88. The average Bonchev–Trinajstić information content (AvgIpc) is 3.48. The van der Waals surface area contributed by atoms with Gasteiger partial charge in [0.05, 0.1) is 17.7 Å². The van der Waals surface area contributed by atoms with Crippen LogP contribution in [0.5, 0.6) is 5.75 Å². The number of thiazole rings is 1. The van der Waals surface area contributed by atoms with Crippen LogP contribution in [-0.4, -0.2) is 32.8 Å². The van der Waals surface area contributed by atoms with Crippen LogP contribution in [0.25, 0.3) is 22.0 Å². The molecule has 1 atom stereocenters. The maximum atomic E-state index is 13.0. The number of benzene rings is 1. The Morgan fingerprint density at radius 2 is 2.07 bits per heavy atom. The summed E-state index contributed by atoms with van der Waals surface area (Å²) < 4.78 is 7.33. The van der Waals surface area contributed by atoms with Crippen molar-refractivity contribution in [2.45, 2.75) is 19.9 Å². The first-order valence-corrected chi connectivity index (χ1v) is 11.2. The van der Waals surface area contributed by atoms with Gasteiger partial charge in [-0.15, -0.1) is 22.7 Å². The molecule has 0 fully saturated rings. The highest BCUT2D eigenvalue weighted by Gasteiger charge is 2.23. The zero-order valence-corrected chi connectivity index (χ0v) is 19.0. The quantitative estimate of drug-likeness (QED) is 0.383. The minimum absolute atomic E-state index is 0.208. The number of hydrogen-bond acceptors (Lipinski definition) is 7. The van der Waals surface area contributed by atoms with E-state index in [0.717, 1.165) is 26.8 Å². The molecule has 0 spiro atoms. The molecule has 3 heterocycles. The number of hydrogen-bond donors (Lipinski definition) is 2. The fraction of sp³-hybridized carbons (Fsp3) is 0.200. The average molecular weight is 458 g/mol. The Balaban J connectivity index is 1.56. The molecular weight excluding hydrogens is 438 g/mol. The van der Waals surface area contributed by atoms with Gasteiger partial charge in [0.1, 0.15) is 11.8 Å². The van der Waals surface area contributed by atoms with E-state index in [1.807, 2.05) is 48.7 Å². The van der Waals surface area contributed by atoms with Gasteiger partial charge in [-0.25, -0.2) is 4.98 Å². The summed E-state index contributed by atoms with van der Waals surface area (Å²) in [5.74, 6) is 1.22. The molecule has 0 saturated heterocycles. The van der Waals surface area contributed by atoms with Crippen molar-refractivity contribution in [2.75, 3.05) is 12.4 Å². The lowest BCUT2D eigenvalue weighted by Gasteiger charge is -2.14. The zero-order valence-electron chi connectivity index (χ0n) is 16.5. The maximum absolute atomic E-state index is 13.0. The molecule has 1 aromatic carbocycles. The van der Waals surface area contributed by atoms with Crippen molar-refractivity contribution >= 4 is 45.9 Å². The third-order valence-corrected chi connectivity index (χ3v) is 6.64. The van der Waals surface area contributed by atoms with Crippen LogP contribution in [0, 0.1) is 11.7 Å². The number of H-pyrrole nitrogens is 1. The van der Waals surface area contributed by atoms with E-state index in [9.17, 15) is 4.79 Å². The number of carbonyl (C=O) groups is 1. The van der Waals surface area contributed by atoms with Gasteiger partial charge in [-0.2, -0.15) is 5.10 Å². The van der Waals surface area contributed by atoms with Crippen molar-refractivity contribution in [1.29, 1.82) is 0 Å². The first kappa shape index (κ1) is 20.5. The predicted octanol–water partition coefficient (Wildman–Crippen LogP) is 5.31. The first-order chi connectivity index (χ1) is 14.5. The van der Waals surface area contributed by atoms with Gasteiger partial charge in [-0.1, -0.05) is 6.07 Å². The van der Waals surface area contributed by atoms with Crippen LogP contribution in [0.1, 0.15) is 17.8 Å². The Bertz CT molecular complexity index is 1220. The van der Waals surface area contributed by atoms with E-state index in [4.69, 9.17) is 17.0 Å². The van der Waals surface area contributed by atoms with E-state index in [1.54, 1.807) is 29.9 Å². The molecule has 0 bridgehead atoms. The standard InChI is InChI=1S/C20H19N5O2S3/c1-11(25-17(23-24-20(25)28)15-5-4-10-29-15)18(26)22-19-21-16(12(2)30-19)13-6-8-14(27-3)9-7-13/h4-11H,1-3H3,(H,24,28)(H,21,22,26). The van der Waals surface area contributed by atoms with E-state index in [1.165, 1.54) is 11.3 Å². The minimum Gasteiger partial charge on any atom is -0.497 e. The van der Waals surface area contributed by atoms with Crippen LogP contribution in [0.2, 0.25) is 0 Å². The van der Waals surface area contributed by atoms with Gasteiger partial charge in [-0.05, 0) is 61.8 Å². The molecule has 154 valence electrons. The molecule has 1 unspecified atom stereocenters. The highest BCUT2D eigenvalue weighted by Crippen LogP contribution is 2.32. The van der Waals surface area contributed by atoms with E-state index >= 15 is 0 Å². The second-order valence-corrected chi connectivity index (χ2v) is 9.05. The van der Waals surface area contributed by atoms with Crippen molar-refractivity contribution in [1.82, 2.24) is 19.7 Å². The van der Waals surface area contributed by atoms with Gasteiger partial charge in [0.15, 0.2) is 15.7 Å². The summed E-state index contributed by atoms with van der Waals surface area (Å²) >= 11 is 8.34. The summed E-state index contributed by atoms with van der Waals surface area (Å²) in [6.45, 7) is 3.78. The Labute approximate surface area is 186 Å². The van der Waals surface area contributed by atoms with Crippen molar-refractivity contribution in [3.63, 3.8) is 0 Å². The number of aryl methyl sites for hydroxylation is 1. The van der Waals surface area contributed by atoms with Crippen LogP contribution >= 0.6 is 34.9 Å². The van der Waals surface area contributed by atoms with Crippen molar-refractivity contribution < 1.29 is 9.53 Å². The van der Waals surface area contributed by atoms with Crippen LogP contribution in [0.4, 0.5) is 5.13 Å². The molecule has 30 heavy (non-hydrogen) atoms. The summed E-state index contributed by atoms with van der Waals surface area (Å²) in [6, 6.07) is 11.0. The van der Waals surface area contributed by atoms with Gasteiger partial charge in [0.25, 0.3) is 0 Å². The molecule has 3 aromatic heterocycles. The summed E-state index contributed by atoms with van der Waals surface area (Å²) in [5, 5.41) is 12.5. The number of aromatic nitrogens is 4. The highest BCUT2D eigenvalue weighted by atomic mass is 32.1. The monoisotopic (exact) mass is 457 g/mol. The molecular formula is C20H19N5O2S3. The Kier molecular flexibility index (Phi) is 5.80. The van der Waals surface area contributed by atoms with Crippen LogP contribution in [0.15, 0.2) is 41.8 Å². The van der Waals surface area contributed by atoms with Crippen LogP contribution < -0.4 is 10.1 Å². The molecule has 4 aromatic rings. The largest absolute Gasteiger partial charge is 0.497 e. The van der Waals surface area contributed by atoms with Gasteiger partial charge in [0, 0.05) is 10.4 Å². The molecule has 1 amide bonds. The highest BCUT2D eigenvalue weighted by molar-refractivity contribution is 7.71. The number of nitrogens with zero attached hydrogens (tertiary/aromatic N) is 3. The number of carbonyl (C=O) groups excluding carboxylic acids is 1. The molecule has 7 nitrogen and oxygen atoms in total. The molecule has 0 radical (unpaired) electrons. The second-order valence-electron chi connectivity index (χ2n) is 6.52. The van der Waals surface area contributed by atoms with Gasteiger partial charge < -0.3 is 10.1 Å². The van der Waals surface area contributed by atoms with Gasteiger partial charge in [-0.3, -0.25) is 14.5 Å². The normalized spacial score (nSPS) is 12.0. The van der Waals surface area contributed by atoms with Crippen LogP contribution in [0.3, 0.4) is 0 Å². The van der Waals surface area contributed by atoms with Gasteiger partial charge >= 0.3 is 0 Å². The predicted molar refractivity (Wildman–Crippen MR) is 123 cm³/mol. The van der Waals surface area contributed by atoms with Crippen molar-refractivity contribution in [2.24, 2.45) is 0 Å². The first-order valence-electron chi connectivity index (χ1n) is 9.11. The Morgan fingerprint density at radius 3 is 2.73 bits per heavy atom. The number of amides is 1. The zero-order chi connectivity index (χ0) is 21.3. The number of rotatable bonds is 6. The SMILES string of the molecule is COc1ccc(-c2nc(NC(=O)C(C)n3c(-c4cccs4)n[nH]c3=S)sc2C)cc1. The summed E-state index contributed by atoms with van der Waals surface area (Å²) in [5.41, 5.74) is 1.81. The van der Waals surface area contributed by atoms with Crippen LogP contribution in [-0.2, 0) is 4.79 Å². The summed E-state index contributed by atoms with van der Waals surface area (Å²) in [4.78, 5) is 19.5.